The molecule has 0 radical (unpaired) electrons. The van der Waals surface area contributed by atoms with Crippen LogP contribution in [0.4, 0.5) is 13.2 Å². The molecule has 1 aromatic carbocycles. The fraction of sp³-hybridized carbons (Fsp3) is 0.222. The van der Waals surface area contributed by atoms with Gasteiger partial charge in [0.05, 0.1) is 11.1 Å². The first-order valence-electron chi connectivity index (χ1n) is 3.75. The molecular weight excluding hydrogens is 197 g/mol. The number of hydrogen-bond donors (Lipinski definition) is 1. The summed E-state index contributed by atoms with van der Waals surface area (Å²) in [7, 11) is 0. The molecule has 0 aliphatic heterocycles. The monoisotopic (exact) mass is 204 g/mol. The minimum absolute atomic E-state index is 0.124. The van der Waals surface area contributed by atoms with Gasteiger partial charge in [-0.2, -0.15) is 0 Å². The van der Waals surface area contributed by atoms with Gasteiger partial charge in [-0.1, -0.05) is 12.1 Å². The standard InChI is InChI=1S/C9H7F3O2/c1-4-2-3-5(8(11)12)7(10)6(4)9(13)14/h2-3,8H,1H3,(H,13,14). The molecule has 0 saturated heterocycles. The van der Waals surface area contributed by atoms with Crippen molar-refractivity contribution in [2.24, 2.45) is 0 Å². The van der Waals surface area contributed by atoms with Gasteiger partial charge in [-0.3, -0.25) is 0 Å². The van der Waals surface area contributed by atoms with Gasteiger partial charge in [0.2, 0.25) is 0 Å². The molecule has 1 N–H and O–H groups in total. The van der Waals surface area contributed by atoms with Crippen LogP contribution in [0.25, 0.3) is 0 Å². The number of halogens is 3. The van der Waals surface area contributed by atoms with Crippen molar-refractivity contribution in [1.82, 2.24) is 0 Å². The molecular formula is C9H7F3O2. The molecule has 0 saturated carbocycles. The Bertz CT molecular complexity index is 375. The molecule has 0 aliphatic rings. The predicted molar refractivity (Wildman–Crippen MR) is 43.1 cm³/mol. The van der Waals surface area contributed by atoms with Gasteiger partial charge in [0.1, 0.15) is 5.82 Å². The maximum atomic E-state index is 13.2. The number of aryl methyl sites for hydroxylation is 1. The lowest BCUT2D eigenvalue weighted by Crippen LogP contribution is -2.06. The van der Waals surface area contributed by atoms with E-state index in [9.17, 15) is 18.0 Å². The van der Waals surface area contributed by atoms with E-state index in [1.165, 1.54) is 6.92 Å². The number of aromatic carboxylic acids is 1. The Hall–Kier alpha value is -1.52. The summed E-state index contributed by atoms with van der Waals surface area (Å²) in [4.78, 5) is 10.5. The third-order valence-corrected chi connectivity index (χ3v) is 1.83. The summed E-state index contributed by atoms with van der Waals surface area (Å²) in [6.07, 6.45) is -3.01. The van der Waals surface area contributed by atoms with Crippen LogP contribution in [-0.4, -0.2) is 11.1 Å². The Labute approximate surface area is 78.0 Å². The first kappa shape index (κ1) is 10.6. The summed E-state index contributed by atoms with van der Waals surface area (Å²) in [5.41, 5.74) is -1.45. The fourth-order valence-electron chi connectivity index (χ4n) is 1.12. The summed E-state index contributed by atoms with van der Waals surface area (Å²) in [6, 6.07) is 2.05. The number of benzene rings is 1. The SMILES string of the molecule is Cc1ccc(C(F)F)c(F)c1C(=O)O. The Kier molecular flexibility index (Phi) is 2.78. The quantitative estimate of drug-likeness (QED) is 0.804. The first-order chi connectivity index (χ1) is 6.45. The van der Waals surface area contributed by atoms with Gasteiger partial charge in [0, 0.05) is 0 Å². The van der Waals surface area contributed by atoms with Crippen LogP contribution in [0.3, 0.4) is 0 Å². The zero-order valence-electron chi connectivity index (χ0n) is 7.22. The van der Waals surface area contributed by atoms with Crippen LogP contribution in [0.1, 0.15) is 27.9 Å². The zero-order chi connectivity index (χ0) is 10.9. The highest BCUT2D eigenvalue weighted by Gasteiger charge is 2.21. The molecule has 0 atom stereocenters. The minimum atomic E-state index is -3.01. The summed E-state index contributed by atoms with van der Waals surface area (Å²) in [5.74, 6) is -2.89. The molecule has 0 aliphatic carbocycles. The Morgan fingerprint density at radius 2 is 2.00 bits per heavy atom. The van der Waals surface area contributed by atoms with Crippen LogP contribution in [0.2, 0.25) is 0 Å². The molecule has 0 amide bonds. The zero-order valence-corrected chi connectivity index (χ0v) is 7.22. The highest BCUT2D eigenvalue weighted by atomic mass is 19.3. The van der Waals surface area contributed by atoms with Crippen molar-refractivity contribution in [2.45, 2.75) is 13.3 Å². The molecule has 0 spiro atoms. The maximum absolute atomic E-state index is 13.2. The third kappa shape index (κ3) is 1.71. The topological polar surface area (TPSA) is 37.3 Å². The van der Waals surface area contributed by atoms with E-state index in [-0.39, 0.29) is 5.56 Å². The largest absolute Gasteiger partial charge is 0.478 e. The second-order valence-electron chi connectivity index (χ2n) is 2.77. The molecule has 0 heterocycles. The number of alkyl halides is 2. The summed E-state index contributed by atoms with van der Waals surface area (Å²) >= 11 is 0. The van der Waals surface area contributed by atoms with E-state index >= 15 is 0 Å². The molecule has 1 aromatic rings. The lowest BCUT2D eigenvalue weighted by atomic mass is 10.0. The van der Waals surface area contributed by atoms with E-state index in [1.807, 2.05) is 0 Å². The second-order valence-corrected chi connectivity index (χ2v) is 2.77. The predicted octanol–water partition coefficient (Wildman–Crippen LogP) is 2.77. The molecule has 5 heteroatoms. The smallest absolute Gasteiger partial charge is 0.338 e. The van der Waals surface area contributed by atoms with Gasteiger partial charge in [0.25, 0.3) is 6.43 Å². The van der Waals surface area contributed by atoms with Crippen LogP contribution in [0.5, 0.6) is 0 Å². The average molecular weight is 204 g/mol. The van der Waals surface area contributed by atoms with Crippen molar-refractivity contribution < 1.29 is 23.1 Å². The average Bonchev–Trinajstić information content (AvgIpc) is 2.02. The molecule has 0 unspecified atom stereocenters. The second kappa shape index (κ2) is 3.69. The van der Waals surface area contributed by atoms with E-state index in [4.69, 9.17) is 5.11 Å². The van der Waals surface area contributed by atoms with E-state index in [0.717, 1.165) is 12.1 Å². The summed E-state index contributed by atoms with van der Waals surface area (Å²) in [5, 5.41) is 8.57. The Morgan fingerprint density at radius 1 is 1.43 bits per heavy atom. The van der Waals surface area contributed by atoms with E-state index < -0.39 is 29.3 Å². The number of carboxylic acids is 1. The highest BCUT2D eigenvalue weighted by molar-refractivity contribution is 5.89. The van der Waals surface area contributed by atoms with Crippen molar-refractivity contribution in [3.8, 4) is 0 Å². The number of rotatable bonds is 2. The van der Waals surface area contributed by atoms with Crippen LogP contribution < -0.4 is 0 Å². The number of carboxylic acid groups (broad SMARTS) is 1. The highest BCUT2D eigenvalue weighted by Crippen LogP contribution is 2.25. The van der Waals surface area contributed by atoms with Crippen molar-refractivity contribution in [2.75, 3.05) is 0 Å². The van der Waals surface area contributed by atoms with Crippen LogP contribution >= 0.6 is 0 Å². The normalized spacial score (nSPS) is 10.6. The molecule has 1 rings (SSSR count). The minimum Gasteiger partial charge on any atom is -0.478 e. The van der Waals surface area contributed by atoms with Crippen molar-refractivity contribution in [3.05, 3.63) is 34.6 Å². The van der Waals surface area contributed by atoms with Gasteiger partial charge in [-0.05, 0) is 12.5 Å². The Balaban J connectivity index is 3.41. The van der Waals surface area contributed by atoms with Gasteiger partial charge in [-0.25, -0.2) is 18.0 Å². The van der Waals surface area contributed by atoms with Crippen molar-refractivity contribution in [3.63, 3.8) is 0 Å². The number of carbonyl (C=O) groups is 1. The van der Waals surface area contributed by atoms with Crippen LogP contribution in [0, 0.1) is 12.7 Å². The fourth-order valence-corrected chi connectivity index (χ4v) is 1.12. The summed E-state index contributed by atoms with van der Waals surface area (Å²) < 4.78 is 37.5. The molecule has 2 nitrogen and oxygen atoms in total. The maximum Gasteiger partial charge on any atom is 0.338 e. The third-order valence-electron chi connectivity index (χ3n) is 1.83. The Morgan fingerprint density at radius 3 is 2.43 bits per heavy atom. The van der Waals surface area contributed by atoms with E-state index in [1.54, 1.807) is 0 Å². The molecule has 0 fully saturated rings. The van der Waals surface area contributed by atoms with E-state index in [0.29, 0.717) is 0 Å². The van der Waals surface area contributed by atoms with Crippen molar-refractivity contribution >= 4 is 5.97 Å². The van der Waals surface area contributed by atoms with E-state index in [2.05, 4.69) is 0 Å². The van der Waals surface area contributed by atoms with Gasteiger partial charge in [-0.15, -0.1) is 0 Å². The molecule has 14 heavy (non-hydrogen) atoms. The molecule has 0 aromatic heterocycles. The summed E-state index contributed by atoms with van der Waals surface area (Å²) in [6.45, 7) is 1.35. The van der Waals surface area contributed by atoms with Crippen molar-refractivity contribution in [1.29, 1.82) is 0 Å². The van der Waals surface area contributed by atoms with Gasteiger partial charge < -0.3 is 5.11 Å². The number of hydrogen-bond acceptors (Lipinski definition) is 1. The van der Waals surface area contributed by atoms with Crippen LogP contribution in [0.15, 0.2) is 12.1 Å². The first-order valence-corrected chi connectivity index (χ1v) is 3.75. The molecule has 76 valence electrons. The lowest BCUT2D eigenvalue weighted by molar-refractivity contribution is 0.0689. The molecule has 0 bridgehead atoms. The van der Waals surface area contributed by atoms with Gasteiger partial charge in [0.15, 0.2) is 0 Å². The van der Waals surface area contributed by atoms with Gasteiger partial charge >= 0.3 is 5.97 Å². The lowest BCUT2D eigenvalue weighted by Gasteiger charge is -2.06. The van der Waals surface area contributed by atoms with Crippen LogP contribution in [-0.2, 0) is 0 Å².